The SMILES string of the molecule is CCOC(=O)/C=C(\CCC1OCCO1)c1ccc(C(C)(C)C)cc1. The molecule has 2 rings (SSSR count). The number of hydrogen-bond donors (Lipinski definition) is 0. The minimum absolute atomic E-state index is 0.106. The summed E-state index contributed by atoms with van der Waals surface area (Å²) in [5.74, 6) is -0.305. The Hall–Kier alpha value is -1.65. The third-order valence-electron chi connectivity index (χ3n) is 4.04. The number of carbonyl (C=O) groups is 1. The fourth-order valence-corrected chi connectivity index (χ4v) is 2.66. The Morgan fingerprint density at radius 2 is 1.83 bits per heavy atom. The smallest absolute Gasteiger partial charge is 0.331 e. The summed E-state index contributed by atoms with van der Waals surface area (Å²) in [5, 5.41) is 0. The number of hydrogen-bond acceptors (Lipinski definition) is 4. The molecule has 1 aromatic carbocycles. The van der Waals surface area contributed by atoms with Gasteiger partial charge in [0.2, 0.25) is 0 Å². The molecule has 0 atom stereocenters. The van der Waals surface area contributed by atoms with Gasteiger partial charge in [0.15, 0.2) is 6.29 Å². The minimum Gasteiger partial charge on any atom is -0.463 e. The van der Waals surface area contributed by atoms with Gasteiger partial charge in [-0.2, -0.15) is 0 Å². The molecule has 0 bridgehead atoms. The van der Waals surface area contributed by atoms with E-state index in [2.05, 4.69) is 45.0 Å². The second-order valence-electron chi connectivity index (χ2n) is 6.96. The van der Waals surface area contributed by atoms with Crippen LogP contribution in [0, 0.1) is 0 Å². The number of esters is 1. The summed E-state index contributed by atoms with van der Waals surface area (Å²) in [5.41, 5.74) is 3.36. The molecule has 0 aromatic heterocycles. The highest BCUT2D eigenvalue weighted by atomic mass is 16.7. The maximum atomic E-state index is 11.9. The molecule has 0 amide bonds. The molecule has 1 aliphatic rings. The van der Waals surface area contributed by atoms with Gasteiger partial charge in [-0.1, -0.05) is 45.0 Å². The molecular formula is C20H28O4. The molecular weight excluding hydrogens is 304 g/mol. The van der Waals surface area contributed by atoms with Crippen molar-refractivity contribution in [2.75, 3.05) is 19.8 Å². The monoisotopic (exact) mass is 332 g/mol. The molecule has 0 unspecified atom stereocenters. The Kier molecular flexibility index (Phi) is 6.58. The Bertz CT molecular complexity index is 560. The van der Waals surface area contributed by atoms with Crippen LogP contribution in [0.1, 0.15) is 51.7 Å². The molecule has 1 saturated heterocycles. The molecule has 4 nitrogen and oxygen atoms in total. The predicted octanol–water partition coefficient (Wildman–Crippen LogP) is 4.08. The van der Waals surface area contributed by atoms with E-state index in [0.717, 1.165) is 17.6 Å². The van der Waals surface area contributed by atoms with Crippen molar-refractivity contribution in [3.05, 3.63) is 41.5 Å². The van der Waals surface area contributed by atoms with Gasteiger partial charge in [0, 0.05) is 12.5 Å². The lowest BCUT2D eigenvalue weighted by atomic mass is 9.86. The molecule has 4 heteroatoms. The fraction of sp³-hybridized carbons (Fsp3) is 0.550. The van der Waals surface area contributed by atoms with Gasteiger partial charge >= 0.3 is 5.97 Å². The fourth-order valence-electron chi connectivity index (χ4n) is 2.66. The second kappa shape index (κ2) is 8.45. The summed E-state index contributed by atoms with van der Waals surface area (Å²) in [6, 6.07) is 8.39. The summed E-state index contributed by atoms with van der Waals surface area (Å²) in [4.78, 5) is 11.9. The van der Waals surface area contributed by atoms with Crippen LogP contribution in [-0.2, 0) is 24.4 Å². The number of rotatable bonds is 6. The Morgan fingerprint density at radius 3 is 2.38 bits per heavy atom. The minimum atomic E-state index is -0.305. The maximum Gasteiger partial charge on any atom is 0.331 e. The van der Waals surface area contributed by atoms with E-state index < -0.39 is 0 Å². The first kappa shape index (κ1) is 18.7. The standard InChI is InChI=1S/C20H28O4/c1-5-22-18(21)14-16(8-11-19-23-12-13-24-19)15-6-9-17(10-7-15)20(2,3)4/h6-7,9-10,14,19H,5,8,11-13H2,1-4H3/b16-14+. The van der Waals surface area contributed by atoms with Crippen molar-refractivity contribution in [2.24, 2.45) is 0 Å². The van der Waals surface area contributed by atoms with Gasteiger partial charge in [0.1, 0.15) is 0 Å². The quantitative estimate of drug-likeness (QED) is 0.581. The molecule has 24 heavy (non-hydrogen) atoms. The van der Waals surface area contributed by atoms with Crippen molar-refractivity contribution >= 4 is 11.5 Å². The van der Waals surface area contributed by atoms with Crippen molar-refractivity contribution in [3.63, 3.8) is 0 Å². The van der Waals surface area contributed by atoms with Gasteiger partial charge in [-0.15, -0.1) is 0 Å². The maximum absolute atomic E-state index is 11.9. The molecule has 0 aliphatic carbocycles. The van der Waals surface area contributed by atoms with Crippen LogP contribution in [-0.4, -0.2) is 32.1 Å². The van der Waals surface area contributed by atoms with E-state index in [-0.39, 0.29) is 17.7 Å². The summed E-state index contributed by atoms with van der Waals surface area (Å²) in [6.07, 6.45) is 2.85. The van der Waals surface area contributed by atoms with Crippen molar-refractivity contribution in [1.29, 1.82) is 0 Å². The first-order valence-corrected chi connectivity index (χ1v) is 8.61. The van der Waals surface area contributed by atoms with Crippen LogP contribution in [0.15, 0.2) is 30.3 Å². The Balaban J connectivity index is 2.15. The van der Waals surface area contributed by atoms with Crippen LogP contribution in [0.5, 0.6) is 0 Å². The molecule has 0 radical (unpaired) electrons. The number of ether oxygens (including phenoxy) is 3. The molecule has 0 spiro atoms. The molecule has 1 aromatic rings. The van der Waals surface area contributed by atoms with E-state index in [1.165, 1.54) is 5.56 Å². The predicted molar refractivity (Wildman–Crippen MR) is 94.7 cm³/mol. The molecule has 1 heterocycles. The molecule has 1 fully saturated rings. The van der Waals surface area contributed by atoms with Gasteiger partial charge < -0.3 is 14.2 Å². The van der Waals surface area contributed by atoms with E-state index in [0.29, 0.717) is 26.2 Å². The van der Waals surface area contributed by atoms with Gasteiger partial charge in [0.05, 0.1) is 19.8 Å². The third kappa shape index (κ3) is 5.46. The van der Waals surface area contributed by atoms with Crippen molar-refractivity contribution < 1.29 is 19.0 Å². The van der Waals surface area contributed by atoms with Gasteiger partial charge in [-0.05, 0) is 35.5 Å². The number of carbonyl (C=O) groups excluding carboxylic acids is 1. The molecule has 1 aliphatic heterocycles. The van der Waals surface area contributed by atoms with Crippen molar-refractivity contribution in [1.82, 2.24) is 0 Å². The average molecular weight is 332 g/mol. The average Bonchev–Trinajstić information content (AvgIpc) is 3.04. The number of benzene rings is 1. The van der Waals surface area contributed by atoms with Crippen LogP contribution in [0.2, 0.25) is 0 Å². The normalized spacial score (nSPS) is 16.4. The van der Waals surface area contributed by atoms with E-state index in [4.69, 9.17) is 14.2 Å². The highest BCUT2D eigenvalue weighted by Crippen LogP contribution is 2.27. The first-order chi connectivity index (χ1) is 11.4. The van der Waals surface area contributed by atoms with E-state index in [9.17, 15) is 4.79 Å². The van der Waals surface area contributed by atoms with Crippen molar-refractivity contribution in [3.8, 4) is 0 Å². The summed E-state index contributed by atoms with van der Waals surface area (Å²) in [7, 11) is 0. The largest absolute Gasteiger partial charge is 0.463 e. The summed E-state index contributed by atoms with van der Waals surface area (Å²) < 4.78 is 16.0. The van der Waals surface area contributed by atoms with Gasteiger partial charge in [-0.25, -0.2) is 4.79 Å². The first-order valence-electron chi connectivity index (χ1n) is 8.61. The lowest BCUT2D eigenvalue weighted by molar-refractivity contribution is -0.137. The summed E-state index contributed by atoms with van der Waals surface area (Å²) in [6.45, 7) is 10.0. The van der Waals surface area contributed by atoms with Gasteiger partial charge in [0.25, 0.3) is 0 Å². The molecule has 0 saturated carbocycles. The van der Waals surface area contributed by atoms with Crippen LogP contribution >= 0.6 is 0 Å². The second-order valence-corrected chi connectivity index (χ2v) is 6.96. The van der Waals surface area contributed by atoms with Crippen LogP contribution in [0.25, 0.3) is 5.57 Å². The lowest BCUT2D eigenvalue weighted by Gasteiger charge is -2.19. The summed E-state index contributed by atoms with van der Waals surface area (Å²) >= 11 is 0. The zero-order valence-electron chi connectivity index (χ0n) is 15.1. The van der Waals surface area contributed by atoms with Crippen LogP contribution in [0.4, 0.5) is 0 Å². The number of allylic oxidation sites excluding steroid dienone is 1. The van der Waals surface area contributed by atoms with E-state index in [1.807, 2.05) is 6.92 Å². The van der Waals surface area contributed by atoms with E-state index in [1.54, 1.807) is 6.08 Å². The van der Waals surface area contributed by atoms with Crippen LogP contribution in [0.3, 0.4) is 0 Å². The third-order valence-corrected chi connectivity index (χ3v) is 4.04. The van der Waals surface area contributed by atoms with Crippen molar-refractivity contribution in [2.45, 2.75) is 52.2 Å². The highest BCUT2D eigenvalue weighted by Gasteiger charge is 2.18. The highest BCUT2D eigenvalue weighted by molar-refractivity contribution is 5.91. The topological polar surface area (TPSA) is 44.8 Å². The van der Waals surface area contributed by atoms with Gasteiger partial charge in [-0.3, -0.25) is 0 Å². The lowest BCUT2D eigenvalue weighted by Crippen LogP contribution is -2.11. The molecule has 132 valence electrons. The zero-order chi connectivity index (χ0) is 17.6. The Labute approximate surface area is 144 Å². The molecule has 0 N–H and O–H groups in total. The zero-order valence-corrected chi connectivity index (χ0v) is 15.1. The van der Waals surface area contributed by atoms with Crippen LogP contribution < -0.4 is 0 Å². The Morgan fingerprint density at radius 1 is 1.21 bits per heavy atom. The van der Waals surface area contributed by atoms with E-state index >= 15 is 0 Å².